The van der Waals surface area contributed by atoms with E-state index in [0.717, 1.165) is 29.9 Å². The first-order valence-corrected chi connectivity index (χ1v) is 8.77. The van der Waals surface area contributed by atoms with Gasteiger partial charge in [-0.05, 0) is 61.8 Å². The van der Waals surface area contributed by atoms with Gasteiger partial charge in [-0.2, -0.15) is 0 Å². The molecule has 4 aliphatic rings. The van der Waals surface area contributed by atoms with Crippen molar-refractivity contribution in [3.05, 3.63) is 35.9 Å². The normalized spacial score (nSPS) is 38.6. The Bertz CT molecular complexity index is 448. The fourth-order valence-electron chi connectivity index (χ4n) is 5.90. The van der Waals surface area contributed by atoms with E-state index in [4.69, 9.17) is 0 Å². The standard InChI is InChI=1S/C19H27NO/c21-18(17-4-2-1-3-5-17)12-20-13-19-9-14-6-15(10-19)8-16(7-14)11-19/h1-5,14-16,18,20-21H,6-13H2/p+1/t14?,15?,16?,18-,19?/m0/s1. The topological polar surface area (TPSA) is 36.8 Å². The highest BCUT2D eigenvalue weighted by molar-refractivity contribution is 5.17. The van der Waals surface area contributed by atoms with E-state index >= 15 is 0 Å². The maximum Gasteiger partial charge on any atom is 0.128 e. The minimum Gasteiger partial charge on any atom is -0.382 e. The van der Waals surface area contributed by atoms with Crippen molar-refractivity contribution in [2.24, 2.45) is 23.2 Å². The summed E-state index contributed by atoms with van der Waals surface area (Å²) in [4.78, 5) is 0. The first-order valence-electron chi connectivity index (χ1n) is 8.77. The summed E-state index contributed by atoms with van der Waals surface area (Å²) in [5.41, 5.74) is 1.67. The molecule has 4 fully saturated rings. The van der Waals surface area contributed by atoms with E-state index in [-0.39, 0.29) is 6.10 Å². The number of aliphatic hydroxyl groups is 1. The van der Waals surface area contributed by atoms with Crippen LogP contribution in [0.1, 0.15) is 50.2 Å². The summed E-state index contributed by atoms with van der Waals surface area (Å²) in [6.07, 6.45) is 8.65. The van der Waals surface area contributed by atoms with E-state index in [1.165, 1.54) is 45.1 Å². The Hall–Kier alpha value is -0.860. The molecule has 2 nitrogen and oxygen atoms in total. The molecule has 0 spiro atoms. The van der Waals surface area contributed by atoms with Crippen molar-refractivity contribution in [3.63, 3.8) is 0 Å². The molecule has 0 aliphatic heterocycles. The number of hydrogen-bond donors (Lipinski definition) is 2. The largest absolute Gasteiger partial charge is 0.382 e. The lowest BCUT2D eigenvalue weighted by Gasteiger charge is -2.56. The molecule has 1 atom stereocenters. The van der Waals surface area contributed by atoms with Crippen molar-refractivity contribution in [3.8, 4) is 0 Å². The van der Waals surface area contributed by atoms with Crippen LogP contribution < -0.4 is 5.32 Å². The molecule has 3 N–H and O–H groups in total. The number of nitrogens with two attached hydrogens (primary N) is 1. The molecule has 0 amide bonds. The zero-order chi connectivity index (χ0) is 14.3. The van der Waals surface area contributed by atoms with Crippen LogP contribution in [0.25, 0.3) is 0 Å². The summed E-state index contributed by atoms with van der Waals surface area (Å²) in [6, 6.07) is 10.1. The Balaban J connectivity index is 1.33. The van der Waals surface area contributed by atoms with Gasteiger partial charge >= 0.3 is 0 Å². The second-order valence-electron chi connectivity index (χ2n) is 8.07. The molecule has 21 heavy (non-hydrogen) atoms. The van der Waals surface area contributed by atoms with Gasteiger partial charge in [0.15, 0.2) is 0 Å². The quantitative estimate of drug-likeness (QED) is 0.857. The van der Waals surface area contributed by atoms with E-state index in [9.17, 15) is 5.11 Å². The fraction of sp³-hybridized carbons (Fsp3) is 0.684. The van der Waals surface area contributed by atoms with Gasteiger partial charge in [0.05, 0.1) is 6.54 Å². The molecule has 4 aliphatic carbocycles. The fourth-order valence-corrected chi connectivity index (χ4v) is 5.90. The van der Waals surface area contributed by atoms with Gasteiger partial charge in [-0.15, -0.1) is 0 Å². The van der Waals surface area contributed by atoms with E-state index in [2.05, 4.69) is 5.32 Å². The lowest BCUT2D eigenvalue weighted by atomic mass is 9.49. The predicted octanol–water partition coefficient (Wildman–Crippen LogP) is 2.50. The van der Waals surface area contributed by atoms with Crippen molar-refractivity contribution in [1.82, 2.24) is 0 Å². The monoisotopic (exact) mass is 286 g/mol. The summed E-state index contributed by atoms with van der Waals surface area (Å²) in [5, 5.41) is 12.7. The van der Waals surface area contributed by atoms with Crippen LogP contribution in [0.3, 0.4) is 0 Å². The molecule has 0 heterocycles. The first-order chi connectivity index (χ1) is 10.2. The van der Waals surface area contributed by atoms with Crippen LogP contribution >= 0.6 is 0 Å². The van der Waals surface area contributed by atoms with Crippen LogP contribution in [0.15, 0.2) is 30.3 Å². The molecule has 1 aromatic carbocycles. The van der Waals surface area contributed by atoms with E-state index in [1.54, 1.807) is 0 Å². The van der Waals surface area contributed by atoms with Crippen LogP contribution in [0, 0.1) is 23.2 Å². The molecule has 0 unspecified atom stereocenters. The molecule has 0 aromatic heterocycles. The third-order valence-electron chi connectivity index (χ3n) is 6.32. The van der Waals surface area contributed by atoms with Gasteiger partial charge in [0.25, 0.3) is 0 Å². The van der Waals surface area contributed by atoms with E-state index < -0.39 is 0 Å². The van der Waals surface area contributed by atoms with E-state index in [0.29, 0.717) is 5.41 Å². The van der Waals surface area contributed by atoms with Gasteiger partial charge < -0.3 is 10.4 Å². The third kappa shape index (κ3) is 2.76. The van der Waals surface area contributed by atoms with Crippen LogP contribution in [-0.4, -0.2) is 18.2 Å². The number of aliphatic hydroxyl groups excluding tert-OH is 1. The molecular weight excluding hydrogens is 258 g/mol. The number of quaternary nitrogens is 1. The number of rotatable bonds is 5. The Morgan fingerprint density at radius 3 is 2.14 bits per heavy atom. The Morgan fingerprint density at radius 1 is 1.00 bits per heavy atom. The Labute approximate surface area is 128 Å². The van der Waals surface area contributed by atoms with Gasteiger partial charge in [-0.3, -0.25) is 0 Å². The van der Waals surface area contributed by atoms with Crippen LogP contribution in [0.5, 0.6) is 0 Å². The van der Waals surface area contributed by atoms with Crippen molar-refractivity contribution >= 4 is 0 Å². The van der Waals surface area contributed by atoms with Gasteiger partial charge in [-0.25, -0.2) is 0 Å². The van der Waals surface area contributed by atoms with Gasteiger partial charge in [0, 0.05) is 5.41 Å². The maximum atomic E-state index is 10.3. The van der Waals surface area contributed by atoms with Crippen molar-refractivity contribution in [2.75, 3.05) is 13.1 Å². The maximum absolute atomic E-state index is 10.3. The molecule has 114 valence electrons. The van der Waals surface area contributed by atoms with Gasteiger partial charge in [0.2, 0.25) is 0 Å². The minimum atomic E-state index is -0.319. The Morgan fingerprint density at radius 2 is 1.57 bits per heavy atom. The lowest BCUT2D eigenvalue weighted by Crippen LogP contribution is -2.88. The molecule has 4 bridgehead atoms. The minimum absolute atomic E-state index is 0.319. The molecule has 0 radical (unpaired) electrons. The average molecular weight is 286 g/mol. The second kappa shape index (κ2) is 5.40. The van der Waals surface area contributed by atoms with Crippen LogP contribution in [-0.2, 0) is 0 Å². The highest BCUT2D eigenvalue weighted by atomic mass is 16.3. The van der Waals surface area contributed by atoms with Crippen molar-refractivity contribution < 1.29 is 10.4 Å². The first kappa shape index (κ1) is 13.8. The van der Waals surface area contributed by atoms with Gasteiger partial charge in [0.1, 0.15) is 12.6 Å². The zero-order valence-electron chi connectivity index (χ0n) is 12.9. The molecule has 0 saturated heterocycles. The van der Waals surface area contributed by atoms with Crippen LogP contribution in [0.4, 0.5) is 0 Å². The van der Waals surface area contributed by atoms with Crippen LogP contribution in [0.2, 0.25) is 0 Å². The highest BCUT2D eigenvalue weighted by Crippen LogP contribution is 2.59. The molecule has 4 saturated carbocycles. The third-order valence-corrected chi connectivity index (χ3v) is 6.32. The summed E-state index contributed by atoms with van der Waals surface area (Å²) in [7, 11) is 0. The molecular formula is C19H28NO+. The predicted molar refractivity (Wildman–Crippen MR) is 83.7 cm³/mol. The zero-order valence-corrected chi connectivity index (χ0v) is 12.9. The second-order valence-corrected chi connectivity index (χ2v) is 8.07. The SMILES string of the molecule is O[C@@H](C[NH2+]CC12CC3CC(CC(C3)C1)C2)c1ccccc1. The summed E-state index contributed by atoms with van der Waals surface area (Å²) in [6.45, 7) is 2.05. The smallest absolute Gasteiger partial charge is 0.128 e. The molecule has 5 rings (SSSR count). The van der Waals surface area contributed by atoms with Gasteiger partial charge in [-0.1, -0.05) is 30.3 Å². The van der Waals surface area contributed by atoms with Crippen molar-refractivity contribution in [2.45, 2.75) is 44.6 Å². The average Bonchev–Trinajstić information content (AvgIpc) is 2.46. The Kier molecular flexibility index (Phi) is 3.55. The summed E-state index contributed by atoms with van der Waals surface area (Å²) < 4.78 is 0. The number of hydrogen-bond acceptors (Lipinski definition) is 1. The van der Waals surface area contributed by atoms with E-state index in [1.807, 2.05) is 30.3 Å². The molecule has 1 aromatic rings. The lowest BCUT2D eigenvalue weighted by molar-refractivity contribution is -0.675. The summed E-state index contributed by atoms with van der Waals surface area (Å²) in [5.74, 6) is 3.09. The summed E-state index contributed by atoms with van der Waals surface area (Å²) >= 11 is 0. The number of benzene rings is 1. The van der Waals surface area contributed by atoms with Crippen molar-refractivity contribution in [1.29, 1.82) is 0 Å². The molecule has 2 heteroatoms. The highest BCUT2D eigenvalue weighted by Gasteiger charge is 2.51.